The Morgan fingerprint density at radius 2 is 2.20 bits per heavy atom. The first kappa shape index (κ1) is 10.7. The van der Waals surface area contributed by atoms with E-state index in [9.17, 15) is 0 Å². The van der Waals surface area contributed by atoms with Gasteiger partial charge < -0.3 is 10.3 Å². The van der Waals surface area contributed by atoms with E-state index in [1.165, 1.54) is 16.5 Å². The van der Waals surface area contributed by atoms with Gasteiger partial charge in [0.2, 0.25) is 0 Å². The van der Waals surface area contributed by atoms with Gasteiger partial charge in [0.15, 0.2) is 0 Å². The van der Waals surface area contributed by atoms with Crippen molar-refractivity contribution in [3.8, 4) is 0 Å². The Labute approximate surface area is 98.2 Å². The summed E-state index contributed by atoms with van der Waals surface area (Å²) in [6, 6.07) is 6.53. The number of aryl methyl sites for hydroxylation is 1. The fourth-order valence-electron chi connectivity index (χ4n) is 1.79. The number of nitrogens with two attached hydrogens (primary N) is 1. The van der Waals surface area contributed by atoms with E-state index in [1.807, 2.05) is 0 Å². The van der Waals surface area contributed by atoms with Crippen LogP contribution in [0.15, 0.2) is 28.9 Å². The van der Waals surface area contributed by atoms with Gasteiger partial charge in [0.25, 0.3) is 0 Å². The number of aromatic nitrogens is 1. The molecule has 1 aromatic heterocycles. The first-order valence-corrected chi connectivity index (χ1v) is 5.87. The van der Waals surface area contributed by atoms with Gasteiger partial charge in [-0.2, -0.15) is 0 Å². The zero-order chi connectivity index (χ0) is 11.0. The third kappa shape index (κ3) is 1.82. The van der Waals surface area contributed by atoms with Crippen LogP contribution in [0.4, 0.5) is 0 Å². The van der Waals surface area contributed by atoms with Crippen molar-refractivity contribution in [3.05, 3.63) is 34.4 Å². The zero-order valence-electron chi connectivity index (χ0n) is 9.00. The molecule has 0 saturated carbocycles. The molecule has 2 aromatic rings. The van der Waals surface area contributed by atoms with Gasteiger partial charge in [-0.1, -0.05) is 19.1 Å². The Morgan fingerprint density at radius 3 is 2.87 bits per heavy atom. The zero-order valence-corrected chi connectivity index (χ0v) is 10.6. The topological polar surface area (TPSA) is 30.9 Å². The Morgan fingerprint density at radius 1 is 1.47 bits per heavy atom. The minimum Gasteiger partial charge on any atom is -0.349 e. The Bertz CT molecular complexity index is 488. The van der Waals surface area contributed by atoms with Crippen molar-refractivity contribution in [3.63, 3.8) is 0 Å². The monoisotopic (exact) mass is 266 g/mol. The lowest BCUT2D eigenvalue weighted by atomic mass is 10.0. The van der Waals surface area contributed by atoms with Crippen LogP contribution in [0.3, 0.4) is 0 Å². The average molecular weight is 267 g/mol. The first-order valence-electron chi connectivity index (χ1n) is 5.08. The number of hydrogen-bond donors (Lipinski definition) is 1. The summed E-state index contributed by atoms with van der Waals surface area (Å²) in [5.41, 5.74) is 8.23. The normalized spacial score (nSPS) is 13.3. The smallest absolute Gasteiger partial charge is 0.0492 e. The van der Waals surface area contributed by atoms with Gasteiger partial charge in [-0.05, 0) is 40.0 Å². The summed E-state index contributed by atoms with van der Waals surface area (Å²) < 4.78 is 3.28. The molecule has 80 valence electrons. The molecule has 0 aliphatic rings. The van der Waals surface area contributed by atoms with E-state index in [0.717, 1.165) is 4.47 Å². The summed E-state index contributed by atoms with van der Waals surface area (Å²) >= 11 is 3.55. The van der Waals surface area contributed by atoms with Crippen LogP contribution in [0.5, 0.6) is 0 Å². The van der Waals surface area contributed by atoms with Gasteiger partial charge in [-0.3, -0.25) is 0 Å². The van der Waals surface area contributed by atoms with Gasteiger partial charge >= 0.3 is 0 Å². The molecular formula is C12H15BrN2. The Balaban J connectivity index is 2.60. The molecule has 1 heterocycles. The molecule has 0 aliphatic carbocycles. The number of halogens is 1. The second-order valence-corrected chi connectivity index (χ2v) is 4.86. The predicted molar refractivity (Wildman–Crippen MR) is 68.1 cm³/mol. The van der Waals surface area contributed by atoms with E-state index in [1.54, 1.807) is 0 Å². The fraction of sp³-hybridized carbons (Fsp3) is 0.333. The van der Waals surface area contributed by atoms with Crippen LogP contribution >= 0.6 is 15.9 Å². The lowest BCUT2D eigenvalue weighted by molar-refractivity contribution is 0.774. The SMILES string of the molecule is CC(CN)c1ccc2c(Br)cn(C)c2c1. The molecule has 0 aliphatic heterocycles. The van der Waals surface area contributed by atoms with Crippen molar-refractivity contribution in [1.29, 1.82) is 0 Å². The van der Waals surface area contributed by atoms with E-state index in [0.29, 0.717) is 12.5 Å². The molecule has 3 heteroatoms. The van der Waals surface area contributed by atoms with Crippen LogP contribution in [0.1, 0.15) is 18.4 Å². The molecule has 1 unspecified atom stereocenters. The van der Waals surface area contributed by atoms with Gasteiger partial charge in [0.05, 0.1) is 0 Å². The van der Waals surface area contributed by atoms with E-state index < -0.39 is 0 Å². The van der Waals surface area contributed by atoms with E-state index in [-0.39, 0.29) is 0 Å². The molecule has 2 nitrogen and oxygen atoms in total. The summed E-state index contributed by atoms with van der Waals surface area (Å²) in [6.07, 6.45) is 2.08. The second kappa shape index (κ2) is 3.99. The molecule has 1 aromatic carbocycles. The van der Waals surface area contributed by atoms with Crippen molar-refractivity contribution >= 4 is 26.8 Å². The third-order valence-electron chi connectivity index (χ3n) is 2.89. The summed E-state index contributed by atoms with van der Waals surface area (Å²) in [6.45, 7) is 2.84. The number of rotatable bonds is 2. The van der Waals surface area contributed by atoms with Crippen molar-refractivity contribution in [1.82, 2.24) is 4.57 Å². The number of fused-ring (bicyclic) bond motifs is 1. The molecule has 0 radical (unpaired) electrons. The molecule has 15 heavy (non-hydrogen) atoms. The van der Waals surface area contributed by atoms with Gasteiger partial charge in [0, 0.05) is 28.6 Å². The van der Waals surface area contributed by atoms with E-state index in [4.69, 9.17) is 5.73 Å². The fourth-order valence-corrected chi connectivity index (χ4v) is 2.44. The number of hydrogen-bond acceptors (Lipinski definition) is 1. The Hall–Kier alpha value is -0.800. The summed E-state index contributed by atoms with van der Waals surface area (Å²) in [4.78, 5) is 0. The van der Waals surface area contributed by atoms with Gasteiger partial charge in [0.1, 0.15) is 0 Å². The largest absolute Gasteiger partial charge is 0.349 e. The minimum absolute atomic E-state index is 0.420. The van der Waals surface area contributed by atoms with Crippen LogP contribution in [0, 0.1) is 0 Å². The molecule has 0 fully saturated rings. The standard InChI is InChI=1S/C12H15BrN2/c1-8(6-14)9-3-4-10-11(13)7-15(2)12(10)5-9/h3-5,7-8H,6,14H2,1-2H3. The Kier molecular flexibility index (Phi) is 2.85. The third-order valence-corrected chi connectivity index (χ3v) is 3.52. The lowest BCUT2D eigenvalue weighted by Gasteiger charge is -2.09. The molecule has 2 N–H and O–H groups in total. The van der Waals surface area contributed by atoms with Crippen molar-refractivity contribution in [2.24, 2.45) is 12.8 Å². The van der Waals surface area contributed by atoms with Gasteiger partial charge in [-0.25, -0.2) is 0 Å². The van der Waals surface area contributed by atoms with Crippen LogP contribution in [-0.4, -0.2) is 11.1 Å². The highest BCUT2D eigenvalue weighted by molar-refractivity contribution is 9.10. The minimum atomic E-state index is 0.420. The second-order valence-electron chi connectivity index (χ2n) is 4.00. The summed E-state index contributed by atoms with van der Waals surface area (Å²) in [7, 11) is 2.06. The molecule has 0 spiro atoms. The molecule has 2 rings (SSSR count). The highest BCUT2D eigenvalue weighted by Crippen LogP contribution is 2.28. The highest BCUT2D eigenvalue weighted by atomic mass is 79.9. The lowest BCUT2D eigenvalue weighted by Crippen LogP contribution is -2.08. The molecule has 1 atom stereocenters. The number of benzene rings is 1. The van der Waals surface area contributed by atoms with Crippen molar-refractivity contribution in [2.75, 3.05) is 6.54 Å². The number of nitrogens with zero attached hydrogens (tertiary/aromatic N) is 1. The van der Waals surface area contributed by atoms with Crippen molar-refractivity contribution in [2.45, 2.75) is 12.8 Å². The van der Waals surface area contributed by atoms with E-state index >= 15 is 0 Å². The van der Waals surface area contributed by atoms with Crippen molar-refractivity contribution < 1.29 is 0 Å². The molecular weight excluding hydrogens is 252 g/mol. The van der Waals surface area contributed by atoms with Gasteiger partial charge in [-0.15, -0.1) is 0 Å². The summed E-state index contributed by atoms with van der Waals surface area (Å²) in [5.74, 6) is 0.420. The molecule has 0 saturated heterocycles. The maximum atomic E-state index is 5.68. The van der Waals surface area contributed by atoms with Crippen LogP contribution in [-0.2, 0) is 7.05 Å². The maximum Gasteiger partial charge on any atom is 0.0492 e. The first-order chi connectivity index (χ1) is 7.13. The van der Waals surface area contributed by atoms with Crippen LogP contribution in [0.25, 0.3) is 10.9 Å². The molecule has 0 amide bonds. The van der Waals surface area contributed by atoms with Crippen LogP contribution < -0.4 is 5.73 Å². The average Bonchev–Trinajstić information content (AvgIpc) is 2.53. The predicted octanol–water partition coefficient (Wildman–Crippen LogP) is 3.00. The maximum absolute atomic E-state index is 5.68. The summed E-state index contributed by atoms with van der Waals surface area (Å²) in [5, 5.41) is 1.26. The van der Waals surface area contributed by atoms with Crippen LogP contribution in [0.2, 0.25) is 0 Å². The molecule has 0 bridgehead atoms. The van der Waals surface area contributed by atoms with E-state index in [2.05, 4.69) is 58.9 Å². The quantitative estimate of drug-likeness (QED) is 0.890. The highest BCUT2D eigenvalue weighted by Gasteiger charge is 2.08.